The summed E-state index contributed by atoms with van der Waals surface area (Å²) in [6.45, 7) is 0. The van der Waals surface area contributed by atoms with Crippen molar-refractivity contribution in [3.8, 4) is 29.2 Å². The third-order valence-corrected chi connectivity index (χ3v) is 3.34. The molecule has 2 aromatic carbocycles. The summed E-state index contributed by atoms with van der Waals surface area (Å²) >= 11 is 11.9. The highest BCUT2D eigenvalue weighted by molar-refractivity contribution is 6.42. The SMILES string of the molecule is C#Cc1ccc(OC)c(-c2ccc(Cl)c(Cl)c2)c1. The Bertz CT molecular complexity index is 627. The van der Waals surface area contributed by atoms with Crippen molar-refractivity contribution in [2.45, 2.75) is 0 Å². The van der Waals surface area contributed by atoms with Crippen molar-refractivity contribution in [2.75, 3.05) is 7.11 Å². The smallest absolute Gasteiger partial charge is 0.126 e. The van der Waals surface area contributed by atoms with Gasteiger partial charge in [0.05, 0.1) is 17.2 Å². The highest BCUT2D eigenvalue weighted by Crippen LogP contribution is 2.34. The van der Waals surface area contributed by atoms with E-state index < -0.39 is 0 Å². The summed E-state index contributed by atoms with van der Waals surface area (Å²) in [4.78, 5) is 0. The Morgan fingerprint density at radius 3 is 2.44 bits per heavy atom. The van der Waals surface area contributed by atoms with Gasteiger partial charge in [-0.15, -0.1) is 6.42 Å². The van der Waals surface area contributed by atoms with Crippen LogP contribution in [0, 0.1) is 12.3 Å². The van der Waals surface area contributed by atoms with E-state index in [1.807, 2.05) is 24.3 Å². The Hall–Kier alpha value is -1.62. The maximum Gasteiger partial charge on any atom is 0.126 e. The van der Waals surface area contributed by atoms with Crippen LogP contribution in [0.3, 0.4) is 0 Å². The van der Waals surface area contributed by atoms with Gasteiger partial charge in [0.15, 0.2) is 0 Å². The molecule has 0 bridgehead atoms. The lowest BCUT2D eigenvalue weighted by atomic mass is 10.0. The van der Waals surface area contributed by atoms with Gasteiger partial charge in [-0.25, -0.2) is 0 Å². The molecule has 0 aliphatic carbocycles. The average molecular weight is 277 g/mol. The number of benzene rings is 2. The molecule has 0 spiro atoms. The standard InChI is InChI=1S/C15H10Cl2O/c1-3-10-4-7-15(18-2)12(8-10)11-5-6-13(16)14(17)9-11/h1,4-9H,2H3. The zero-order chi connectivity index (χ0) is 13.1. The van der Waals surface area contributed by atoms with E-state index in [4.69, 9.17) is 34.4 Å². The minimum atomic E-state index is 0.502. The second kappa shape index (κ2) is 5.35. The van der Waals surface area contributed by atoms with Crippen LogP contribution in [0.1, 0.15) is 5.56 Å². The van der Waals surface area contributed by atoms with Crippen molar-refractivity contribution in [2.24, 2.45) is 0 Å². The van der Waals surface area contributed by atoms with E-state index in [1.165, 1.54) is 0 Å². The molecule has 3 heteroatoms. The monoisotopic (exact) mass is 276 g/mol. The van der Waals surface area contributed by atoms with Gasteiger partial charge in [0.1, 0.15) is 5.75 Å². The summed E-state index contributed by atoms with van der Waals surface area (Å²) in [5.41, 5.74) is 2.60. The van der Waals surface area contributed by atoms with Crippen LogP contribution in [0.5, 0.6) is 5.75 Å². The molecular formula is C15H10Cl2O. The Morgan fingerprint density at radius 1 is 1.06 bits per heavy atom. The van der Waals surface area contributed by atoms with E-state index in [9.17, 15) is 0 Å². The molecule has 0 saturated heterocycles. The molecule has 0 saturated carbocycles. The van der Waals surface area contributed by atoms with E-state index >= 15 is 0 Å². The molecule has 90 valence electrons. The Morgan fingerprint density at radius 2 is 1.83 bits per heavy atom. The molecule has 0 amide bonds. The fourth-order valence-corrected chi connectivity index (χ4v) is 1.99. The first kappa shape index (κ1) is 12.8. The third-order valence-electron chi connectivity index (χ3n) is 2.60. The molecule has 0 heterocycles. The molecule has 0 radical (unpaired) electrons. The maximum atomic E-state index is 6.02. The first-order valence-electron chi connectivity index (χ1n) is 5.26. The summed E-state index contributed by atoms with van der Waals surface area (Å²) in [5, 5.41) is 1.02. The van der Waals surface area contributed by atoms with Gasteiger partial charge in [0.2, 0.25) is 0 Å². The summed E-state index contributed by atoms with van der Waals surface area (Å²) in [5.74, 6) is 3.34. The van der Waals surface area contributed by atoms with Crippen LogP contribution >= 0.6 is 23.2 Å². The molecule has 0 N–H and O–H groups in total. The summed E-state index contributed by atoms with van der Waals surface area (Å²) in [6, 6.07) is 11.0. The Kier molecular flexibility index (Phi) is 3.81. The molecule has 0 atom stereocenters. The first-order chi connectivity index (χ1) is 8.65. The number of rotatable bonds is 2. The zero-order valence-corrected chi connectivity index (χ0v) is 11.2. The quantitative estimate of drug-likeness (QED) is 0.726. The van der Waals surface area contributed by atoms with Crippen molar-refractivity contribution in [1.82, 2.24) is 0 Å². The Labute approximate surface area is 116 Å². The molecule has 0 aromatic heterocycles. The molecular weight excluding hydrogens is 267 g/mol. The normalized spacial score (nSPS) is 9.89. The number of terminal acetylenes is 1. The fourth-order valence-electron chi connectivity index (χ4n) is 1.69. The van der Waals surface area contributed by atoms with Gasteiger partial charge in [0.25, 0.3) is 0 Å². The van der Waals surface area contributed by atoms with Gasteiger partial charge in [-0.2, -0.15) is 0 Å². The largest absolute Gasteiger partial charge is 0.496 e. The third kappa shape index (κ3) is 2.46. The second-order valence-electron chi connectivity index (χ2n) is 3.69. The maximum absolute atomic E-state index is 6.02. The van der Waals surface area contributed by atoms with Crippen LogP contribution in [0.15, 0.2) is 36.4 Å². The minimum absolute atomic E-state index is 0.502. The van der Waals surface area contributed by atoms with E-state index in [-0.39, 0.29) is 0 Å². The van der Waals surface area contributed by atoms with Crippen molar-refractivity contribution in [3.05, 3.63) is 52.0 Å². The molecule has 0 unspecified atom stereocenters. The van der Waals surface area contributed by atoms with Crippen LogP contribution < -0.4 is 4.74 Å². The van der Waals surface area contributed by atoms with Crippen molar-refractivity contribution >= 4 is 23.2 Å². The van der Waals surface area contributed by atoms with Gasteiger partial charge < -0.3 is 4.74 Å². The Balaban J connectivity index is 2.61. The van der Waals surface area contributed by atoms with Gasteiger partial charge >= 0.3 is 0 Å². The van der Waals surface area contributed by atoms with E-state index in [0.717, 1.165) is 22.4 Å². The molecule has 0 aliphatic rings. The number of ether oxygens (including phenoxy) is 1. The van der Waals surface area contributed by atoms with Gasteiger partial charge in [-0.1, -0.05) is 35.2 Å². The molecule has 0 aliphatic heterocycles. The predicted octanol–water partition coefficient (Wildman–Crippen LogP) is 4.65. The van der Waals surface area contributed by atoms with Crippen molar-refractivity contribution < 1.29 is 4.74 Å². The molecule has 1 nitrogen and oxygen atoms in total. The van der Waals surface area contributed by atoms with Crippen LogP contribution in [-0.4, -0.2) is 7.11 Å². The summed E-state index contributed by atoms with van der Waals surface area (Å²) in [6.07, 6.45) is 5.40. The topological polar surface area (TPSA) is 9.23 Å². The molecule has 18 heavy (non-hydrogen) atoms. The van der Waals surface area contributed by atoms with Gasteiger partial charge in [0, 0.05) is 11.1 Å². The van der Waals surface area contributed by atoms with Crippen LogP contribution in [0.4, 0.5) is 0 Å². The zero-order valence-electron chi connectivity index (χ0n) is 9.71. The highest BCUT2D eigenvalue weighted by Gasteiger charge is 2.08. The van der Waals surface area contributed by atoms with Crippen LogP contribution in [-0.2, 0) is 0 Å². The summed E-state index contributed by atoms with van der Waals surface area (Å²) < 4.78 is 5.32. The average Bonchev–Trinajstić information content (AvgIpc) is 2.41. The van der Waals surface area contributed by atoms with Crippen LogP contribution in [0.2, 0.25) is 10.0 Å². The number of hydrogen-bond donors (Lipinski definition) is 0. The van der Waals surface area contributed by atoms with Crippen molar-refractivity contribution in [3.63, 3.8) is 0 Å². The molecule has 2 rings (SSSR count). The lowest BCUT2D eigenvalue weighted by Gasteiger charge is -2.10. The predicted molar refractivity (Wildman–Crippen MR) is 76.4 cm³/mol. The van der Waals surface area contributed by atoms with E-state index in [0.29, 0.717) is 10.0 Å². The highest BCUT2D eigenvalue weighted by atomic mass is 35.5. The van der Waals surface area contributed by atoms with Gasteiger partial charge in [-0.05, 0) is 35.9 Å². The first-order valence-corrected chi connectivity index (χ1v) is 6.01. The van der Waals surface area contributed by atoms with E-state index in [1.54, 1.807) is 19.2 Å². The van der Waals surface area contributed by atoms with Crippen molar-refractivity contribution in [1.29, 1.82) is 0 Å². The molecule has 0 fully saturated rings. The number of methoxy groups -OCH3 is 1. The van der Waals surface area contributed by atoms with Gasteiger partial charge in [-0.3, -0.25) is 0 Å². The second-order valence-corrected chi connectivity index (χ2v) is 4.50. The number of halogens is 2. The lowest BCUT2D eigenvalue weighted by Crippen LogP contribution is -1.89. The minimum Gasteiger partial charge on any atom is -0.496 e. The fraction of sp³-hybridized carbons (Fsp3) is 0.0667. The van der Waals surface area contributed by atoms with E-state index in [2.05, 4.69) is 5.92 Å². The number of hydrogen-bond acceptors (Lipinski definition) is 1. The molecule has 2 aromatic rings. The summed E-state index contributed by atoms with van der Waals surface area (Å²) in [7, 11) is 1.62. The van der Waals surface area contributed by atoms with Crippen LogP contribution in [0.25, 0.3) is 11.1 Å². The lowest BCUT2D eigenvalue weighted by molar-refractivity contribution is 0.416.